The lowest BCUT2D eigenvalue weighted by atomic mass is 9.58. The van der Waals surface area contributed by atoms with E-state index in [1.165, 1.54) is 66.9 Å². The monoisotopic (exact) mass is 1380 g/mol. The summed E-state index contributed by atoms with van der Waals surface area (Å²) in [5.74, 6) is 1.74. The van der Waals surface area contributed by atoms with E-state index in [1.54, 1.807) is 0 Å². The van der Waals surface area contributed by atoms with Crippen LogP contribution in [0.25, 0.3) is 123 Å². The third kappa shape index (κ3) is 8.43. The van der Waals surface area contributed by atoms with Gasteiger partial charge in [0.05, 0.1) is 56.4 Å². The summed E-state index contributed by atoms with van der Waals surface area (Å²) in [6, 6.07) is 120. The molecule has 0 amide bonds. The van der Waals surface area contributed by atoms with Gasteiger partial charge in [-0.15, -0.1) is 0 Å². The van der Waals surface area contributed by atoms with Gasteiger partial charge in [0.25, 0.3) is 0 Å². The second-order valence-electron chi connectivity index (χ2n) is 29.0. The molecule has 2 spiro atoms. The van der Waals surface area contributed by atoms with E-state index >= 15 is 0 Å². The largest absolute Gasteiger partial charge is 0.334 e. The maximum absolute atomic E-state index is 5.61. The molecule has 2 atom stereocenters. The van der Waals surface area contributed by atoms with Crippen LogP contribution >= 0.6 is 0 Å². The van der Waals surface area contributed by atoms with Crippen LogP contribution in [0.2, 0.25) is 0 Å². The number of hydrogen-bond donors (Lipinski definition) is 0. The lowest BCUT2D eigenvalue weighted by Crippen LogP contribution is -2.52. The van der Waals surface area contributed by atoms with Crippen LogP contribution in [-0.2, 0) is 10.8 Å². The van der Waals surface area contributed by atoms with Crippen molar-refractivity contribution in [3.05, 3.63) is 409 Å². The number of rotatable bonds is 8. The molecule has 2 aliphatic heterocycles. The Morgan fingerprint density at radius 1 is 0.306 bits per heavy atom. The lowest BCUT2D eigenvalue weighted by Gasteiger charge is -2.53. The maximum atomic E-state index is 5.61. The van der Waals surface area contributed by atoms with Gasteiger partial charge in [0.1, 0.15) is 22.9 Å². The summed E-state index contributed by atoms with van der Waals surface area (Å²) in [5, 5.41) is 2.03. The van der Waals surface area contributed by atoms with Gasteiger partial charge in [0.2, 0.25) is 0 Å². The minimum Gasteiger partial charge on any atom is -0.334 e. The number of fused-ring (bicyclic) bond motifs is 24. The van der Waals surface area contributed by atoms with Gasteiger partial charge in [0.15, 0.2) is 0 Å². The zero-order valence-electron chi connectivity index (χ0n) is 58.4. The molecule has 108 heavy (non-hydrogen) atoms. The average molecular weight is 1380 g/mol. The third-order valence-corrected chi connectivity index (χ3v) is 23.7. The van der Waals surface area contributed by atoms with Gasteiger partial charge in [-0.1, -0.05) is 231 Å². The Balaban J connectivity index is 0.602. The smallest absolute Gasteiger partial charge is 0.146 e. The van der Waals surface area contributed by atoms with Gasteiger partial charge in [-0.05, 0) is 194 Å². The molecule has 0 radical (unpaired) electrons. The molecule has 3 aliphatic carbocycles. The zero-order valence-corrected chi connectivity index (χ0v) is 58.4. The molecule has 0 fully saturated rings. The van der Waals surface area contributed by atoms with Crippen molar-refractivity contribution in [2.75, 3.05) is 9.80 Å². The van der Waals surface area contributed by atoms with Gasteiger partial charge in [-0.3, -0.25) is 13.8 Å². The van der Waals surface area contributed by atoms with E-state index in [4.69, 9.17) is 19.9 Å². The van der Waals surface area contributed by atoms with Crippen molar-refractivity contribution in [1.82, 2.24) is 33.7 Å². The highest BCUT2D eigenvalue weighted by Gasteiger charge is 2.57. The minimum absolute atomic E-state index is 0.0417. The van der Waals surface area contributed by atoms with Crippen LogP contribution in [0.15, 0.2) is 370 Å². The molecule has 0 bridgehead atoms. The van der Waals surface area contributed by atoms with Gasteiger partial charge in [-0.2, -0.15) is 0 Å². The summed E-state index contributed by atoms with van der Waals surface area (Å²) in [6.45, 7) is 0. The number of allylic oxidation sites excluding steroid dienone is 2. The summed E-state index contributed by atoms with van der Waals surface area (Å²) in [7, 11) is 0. The van der Waals surface area contributed by atoms with Crippen molar-refractivity contribution < 1.29 is 0 Å². The van der Waals surface area contributed by atoms with Gasteiger partial charge in [0, 0.05) is 80.2 Å². The van der Waals surface area contributed by atoms with Crippen LogP contribution < -0.4 is 9.80 Å². The summed E-state index contributed by atoms with van der Waals surface area (Å²) in [6.07, 6.45) is 14.9. The fourth-order valence-electron chi connectivity index (χ4n) is 19.3. The molecule has 2 unspecified atom stereocenters. The normalized spacial score (nSPS) is 15.6. The fraction of sp³-hybridized carbons (Fsp3) is 0.0404. The van der Waals surface area contributed by atoms with Crippen LogP contribution in [0, 0.1) is 5.92 Å². The first kappa shape index (κ1) is 60.3. The quantitative estimate of drug-likeness (QED) is 0.150. The molecular formula is C99H63N9. The van der Waals surface area contributed by atoms with E-state index in [9.17, 15) is 0 Å². The Bertz CT molecular complexity index is 6720. The van der Waals surface area contributed by atoms with Crippen molar-refractivity contribution in [2.24, 2.45) is 5.92 Å². The number of hydrogen-bond acceptors (Lipinski definition) is 7. The molecule has 504 valence electrons. The summed E-state index contributed by atoms with van der Waals surface area (Å²) < 4.78 is 4.48. The Hall–Kier alpha value is -14.2. The highest BCUT2D eigenvalue weighted by atomic mass is 15.2. The summed E-state index contributed by atoms with van der Waals surface area (Å²) in [5.41, 5.74) is 32.5. The Morgan fingerprint density at radius 3 is 1.47 bits per heavy atom. The van der Waals surface area contributed by atoms with Crippen LogP contribution in [0.5, 0.6) is 0 Å². The third-order valence-electron chi connectivity index (χ3n) is 23.7. The van der Waals surface area contributed by atoms with Gasteiger partial charge in [-0.25, -0.2) is 19.9 Å². The van der Waals surface area contributed by atoms with Gasteiger partial charge >= 0.3 is 0 Å². The Morgan fingerprint density at radius 2 is 0.806 bits per heavy atom. The molecule has 7 aromatic heterocycles. The molecule has 9 heterocycles. The van der Waals surface area contributed by atoms with E-state index in [1.807, 2.05) is 36.8 Å². The first-order valence-electron chi connectivity index (χ1n) is 37.1. The van der Waals surface area contributed by atoms with Gasteiger partial charge < -0.3 is 9.80 Å². The molecule has 11 aromatic carbocycles. The lowest BCUT2D eigenvalue weighted by molar-refractivity contribution is 0.392. The van der Waals surface area contributed by atoms with Crippen LogP contribution in [0.3, 0.4) is 0 Å². The predicted molar refractivity (Wildman–Crippen MR) is 436 cm³/mol. The molecule has 5 aliphatic rings. The highest BCUT2D eigenvalue weighted by molar-refractivity contribution is 5.98. The minimum atomic E-state index is -0.494. The molecule has 9 nitrogen and oxygen atoms in total. The average Bonchev–Trinajstić information content (AvgIpc) is 1.57. The molecule has 0 saturated carbocycles. The van der Waals surface area contributed by atoms with E-state index < -0.39 is 5.41 Å². The maximum Gasteiger partial charge on any atom is 0.146 e. The Labute approximate surface area is 623 Å². The Kier molecular flexibility index (Phi) is 12.9. The van der Waals surface area contributed by atoms with Crippen LogP contribution in [-0.4, -0.2) is 39.8 Å². The fourth-order valence-corrected chi connectivity index (χ4v) is 19.3. The first-order chi connectivity index (χ1) is 53.6. The van der Waals surface area contributed by atoms with Crippen molar-refractivity contribution in [3.63, 3.8) is 0 Å². The number of aromatic nitrogens is 7. The van der Waals surface area contributed by atoms with E-state index in [2.05, 4.69) is 357 Å². The van der Waals surface area contributed by atoms with Crippen molar-refractivity contribution >= 4 is 61.5 Å². The second kappa shape index (κ2) is 23.2. The molecule has 0 N–H and O–H groups in total. The standard InChI is InChI=1S/C99H63N9/c1-5-29-77-73(25-1)74-26-2-6-30-78(74)98(77)81-33-9-13-37-86(81)105(87-38-14-10-34-82(87)98)71-50-45-66(46-51-71)96-103-92(90-53-48-65-23-19-57-101-94(65)107(90)96)63-43-41-62(42-44-63)85-52-47-67-49-54-91-93(64-55-58-100-59-56-64)104-97(108(91)95(67)102-85)70-22-17-20-68(60-70)69-21-18-24-72(61-69)106-88-39-15-11-35-83(88)99(84-36-12-16-40-89(84)106)79-31-7-3-27-75(79)76-28-4-8-32-80(76)99/h1-61,81,86H. The first-order valence-corrected chi connectivity index (χ1v) is 37.1. The SMILES string of the molecule is C1=CC2C(C=C1)C1(c3ccccc3-c3ccccc31)c1ccccc1N2c1ccc(-c2nc(-c3ccc(-c4ccc5ccc6c(-c7ccncc7)nc(-c7cccc(-c8cccc(N9c%10ccccc%10C%10(c%11ccccc%11-c%11ccccc%11%10)c%10ccccc%109)c8)c7)n6c5n4)cc3)c3ccc4cccnc4n23)cc1. The number of pyridine rings is 5. The second-order valence-corrected chi connectivity index (χ2v) is 29.0. The highest BCUT2D eigenvalue weighted by Crippen LogP contribution is 2.65. The van der Waals surface area contributed by atoms with E-state index in [-0.39, 0.29) is 17.4 Å². The number of anilines is 5. The molecule has 0 saturated heterocycles. The van der Waals surface area contributed by atoms with Crippen molar-refractivity contribution in [1.29, 1.82) is 0 Å². The number of imidazole rings is 2. The number of benzene rings is 11. The summed E-state index contributed by atoms with van der Waals surface area (Å²) >= 11 is 0. The van der Waals surface area contributed by atoms with E-state index in [0.717, 1.165) is 124 Å². The molecule has 18 aromatic rings. The molecule has 23 rings (SSSR count). The van der Waals surface area contributed by atoms with E-state index in [0.29, 0.717) is 0 Å². The van der Waals surface area contributed by atoms with Crippen LogP contribution in [0.1, 0.15) is 38.9 Å². The summed E-state index contributed by atoms with van der Waals surface area (Å²) in [4.78, 5) is 31.3. The molecular weight excluding hydrogens is 1320 g/mol. The van der Waals surface area contributed by atoms with Crippen molar-refractivity contribution in [2.45, 2.75) is 16.9 Å². The number of para-hydroxylation sites is 3. The van der Waals surface area contributed by atoms with Crippen LogP contribution in [0.4, 0.5) is 28.4 Å². The van der Waals surface area contributed by atoms with Crippen molar-refractivity contribution in [3.8, 4) is 89.9 Å². The zero-order chi connectivity index (χ0) is 70.8. The topological polar surface area (TPSA) is 79.8 Å². The predicted octanol–water partition coefficient (Wildman–Crippen LogP) is 23.2. The number of nitrogens with zero attached hydrogens (tertiary/aromatic N) is 9. The molecule has 9 heteroatoms.